The van der Waals surface area contributed by atoms with Gasteiger partial charge in [0.2, 0.25) is 5.91 Å². The molecule has 5 heteroatoms. The van der Waals surface area contributed by atoms with Crippen molar-refractivity contribution < 1.29 is 14.3 Å². The maximum absolute atomic E-state index is 13.0. The Kier molecular flexibility index (Phi) is 5.75. The maximum Gasteiger partial charge on any atom is 0.256 e. The molecule has 29 heavy (non-hydrogen) atoms. The molecule has 0 saturated carbocycles. The van der Waals surface area contributed by atoms with Gasteiger partial charge in [-0.25, -0.2) is 4.98 Å². The van der Waals surface area contributed by atoms with E-state index >= 15 is 0 Å². The van der Waals surface area contributed by atoms with Crippen LogP contribution in [0.3, 0.4) is 0 Å². The minimum absolute atomic E-state index is 0.0156. The third-order valence-electron chi connectivity index (χ3n) is 5.20. The van der Waals surface area contributed by atoms with Crippen molar-refractivity contribution in [1.82, 2.24) is 4.98 Å². The van der Waals surface area contributed by atoms with Gasteiger partial charge in [-0.1, -0.05) is 54.6 Å². The van der Waals surface area contributed by atoms with Crippen LogP contribution in [0.2, 0.25) is 0 Å². The SMILES string of the molecule is COc1ncc(NC(=O)C2CCCc3ccccc32)cc1OCc1ccccc1. The summed E-state index contributed by atoms with van der Waals surface area (Å²) in [4.78, 5) is 17.3. The highest BCUT2D eigenvalue weighted by atomic mass is 16.5. The van der Waals surface area contributed by atoms with Crippen molar-refractivity contribution >= 4 is 11.6 Å². The van der Waals surface area contributed by atoms with Gasteiger partial charge in [0.1, 0.15) is 6.61 Å². The highest BCUT2D eigenvalue weighted by molar-refractivity contribution is 5.96. The molecule has 0 aliphatic heterocycles. The molecule has 3 aromatic rings. The first kappa shape index (κ1) is 19.0. The molecule has 1 heterocycles. The number of nitrogens with zero attached hydrogens (tertiary/aromatic N) is 1. The van der Waals surface area contributed by atoms with Gasteiger partial charge in [-0.2, -0.15) is 0 Å². The molecule has 1 amide bonds. The Labute approximate surface area is 170 Å². The molecule has 0 bridgehead atoms. The number of benzene rings is 2. The van der Waals surface area contributed by atoms with E-state index in [-0.39, 0.29) is 11.8 Å². The van der Waals surface area contributed by atoms with E-state index in [4.69, 9.17) is 9.47 Å². The van der Waals surface area contributed by atoms with Crippen LogP contribution in [-0.4, -0.2) is 18.0 Å². The van der Waals surface area contributed by atoms with Crippen LogP contribution in [-0.2, 0) is 17.8 Å². The lowest BCUT2D eigenvalue weighted by molar-refractivity contribution is -0.117. The molecule has 1 aliphatic carbocycles. The molecule has 1 unspecified atom stereocenters. The minimum Gasteiger partial charge on any atom is -0.483 e. The number of carbonyl (C=O) groups excluding carboxylic acids is 1. The minimum atomic E-state index is -0.143. The number of carbonyl (C=O) groups is 1. The molecule has 1 aliphatic rings. The number of hydrogen-bond acceptors (Lipinski definition) is 4. The second-order valence-corrected chi connectivity index (χ2v) is 7.14. The summed E-state index contributed by atoms with van der Waals surface area (Å²) in [5.74, 6) is 0.731. The van der Waals surface area contributed by atoms with Gasteiger partial charge in [0.25, 0.3) is 5.88 Å². The van der Waals surface area contributed by atoms with E-state index in [0.717, 1.165) is 30.4 Å². The summed E-state index contributed by atoms with van der Waals surface area (Å²) in [6, 6.07) is 19.8. The highest BCUT2D eigenvalue weighted by Crippen LogP contribution is 2.33. The number of anilines is 1. The first-order valence-electron chi connectivity index (χ1n) is 9.84. The van der Waals surface area contributed by atoms with Crippen molar-refractivity contribution in [2.24, 2.45) is 0 Å². The fraction of sp³-hybridized carbons (Fsp3) is 0.250. The van der Waals surface area contributed by atoms with Gasteiger partial charge in [0.05, 0.1) is 24.9 Å². The molecule has 1 aromatic heterocycles. The predicted octanol–water partition coefficient (Wildman–Crippen LogP) is 4.73. The summed E-state index contributed by atoms with van der Waals surface area (Å²) < 4.78 is 11.2. The smallest absolute Gasteiger partial charge is 0.256 e. The van der Waals surface area contributed by atoms with Crippen LogP contribution in [0, 0.1) is 0 Å². The monoisotopic (exact) mass is 388 g/mol. The number of nitrogens with one attached hydrogen (secondary N) is 1. The fourth-order valence-corrected chi connectivity index (χ4v) is 3.75. The van der Waals surface area contributed by atoms with Crippen LogP contribution in [0.5, 0.6) is 11.6 Å². The first-order valence-corrected chi connectivity index (χ1v) is 9.84. The number of methoxy groups -OCH3 is 1. The third-order valence-corrected chi connectivity index (χ3v) is 5.20. The topological polar surface area (TPSA) is 60.5 Å². The summed E-state index contributed by atoms with van der Waals surface area (Å²) >= 11 is 0. The molecular formula is C24H24N2O3. The number of ether oxygens (including phenoxy) is 2. The van der Waals surface area contributed by atoms with Gasteiger partial charge in [-0.05, 0) is 36.0 Å². The number of pyridine rings is 1. The summed E-state index contributed by atoms with van der Waals surface area (Å²) in [5, 5.41) is 3.01. The van der Waals surface area contributed by atoms with E-state index < -0.39 is 0 Å². The Morgan fingerprint density at radius 3 is 2.76 bits per heavy atom. The Hall–Kier alpha value is -3.34. The van der Waals surface area contributed by atoms with Gasteiger partial charge in [0.15, 0.2) is 5.75 Å². The molecular weight excluding hydrogens is 364 g/mol. The van der Waals surface area contributed by atoms with E-state index in [1.54, 1.807) is 19.4 Å². The molecule has 4 rings (SSSR count). The molecule has 0 spiro atoms. The van der Waals surface area contributed by atoms with Gasteiger partial charge in [0, 0.05) is 6.07 Å². The number of aryl methyl sites for hydroxylation is 1. The molecule has 1 atom stereocenters. The van der Waals surface area contributed by atoms with Crippen LogP contribution in [0.25, 0.3) is 0 Å². The highest BCUT2D eigenvalue weighted by Gasteiger charge is 2.26. The summed E-state index contributed by atoms with van der Waals surface area (Å²) in [6.45, 7) is 0.395. The quantitative estimate of drug-likeness (QED) is 0.663. The van der Waals surface area contributed by atoms with Crippen LogP contribution >= 0.6 is 0 Å². The van der Waals surface area contributed by atoms with E-state index in [1.165, 1.54) is 5.56 Å². The van der Waals surface area contributed by atoms with Crippen molar-refractivity contribution in [3.63, 3.8) is 0 Å². The summed E-state index contributed by atoms with van der Waals surface area (Å²) in [5.41, 5.74) is 4.03. The molecule has 148 valence electrons. The lowest BCUT2D eigenvalue weighted by Gasteiger charge is -2.24. The Balaban J connectivity index is 1.50. The van der Waals surface area contributed by atoms with E-state index in [9.17, 15) is 4.79 Å². The predicted molar refractivity (Wildman–Crippen MR) is 112 cm³/mol. The number of aromatic nitrogens is 1. The van der Waals surface area contributed by atoms with Crippen LogP contribution in [0.1, 0.15) is 35.4 Å². The second-order valence-electron chi connectivity index (χ2n) is 7.14. The molecule has 0 saturated heterocycles. The third kappa shape index (κ3) is 4.40. The largest absolute Gasteiger partial charge is 0.483 e. The van der Waals surface area contributed by atoms with Crippen LogP contribution in [0.15, 0.2) is 66.9 Å². The summed E-state index contributed by atoms with van der Waals surface area (Å²) in [7, 11) is 1.55. The standard InChI is InChI=1S/C24H24N2O3/c1-28-24-22(29-16-17-8-3-2-4-9-17)14-19(15-25-24)26-23(27)21-13-7-11-18-10-5-6-12-20(18)21/h2-6,8-10,12,14-15,21H,7,11,13,16H2,1H3,(H,26,27). The van der Waals surface area contributed by atoms with Gasteiger partial charge in [-0.15, -0.1) is 0 Å². The van der Waals surface area contributed by atoms with E-state index in [1.807, 2.05) is 42.5 Å². The van der Waals surface area contributed by atoms with Crippen molar-refractivity contribution in [3.05, 3.63) is 83.6 Å². The van der Waals surface area contributed by atoms with Gasteiger partial charge >= 0.3 is 0 Å². The second kappa shape index (κ2) is 8.78. The van der Waals surface area contributed by atoms with Gasteiger partial charge in [-0.3, -0.25) is 4.79 Å². The average molecular weight is 388 g/mol. The zero-order valence-electron chi connectivity index (χ0n) is 16.4. The summed E-state index contributed by atoms with van der Waals surface area (Å²) in [6.07, 6.45) is 4.49. The van der Waals surface area contributed by atoms with Crippen LogP contribution < -0.4 is 14.8 Å². The average Bonchev–Trinajstić information content (AvgIpc) is 2.78. The fourth-order valence-electron chi connectivity index (χ4n) is 3.75. The Bertz CT molecular complexity index is 988. The molecule has 1 N–H and O–H groups in total. The number of amides is 1. The molecule has 0 radical (unpaired) electrons. The van der Waals surface area contributed by atoms with Gasteiger partial charge < -0.3 is 14.8 Å². The molecule has 0 fully saturated rings. The Morgan fingerprint density at radius 2 is 1.93 bits per heavy atom. The van der Waals surface area contributed by atoms with Crippen molar-refractivity contribution in [2.45, 2.75) is 31.8 Å². The number of hydrogen-bond donors (Lipinski definition) is 1. The normalized spacial score (nSPS) is 15.3. The van der Waals surface area contributed by atoms with Crippen LogP contribution in [0.4, 0.5) is 5.69 Å². The zero-order chi connectivity index (χ0) is 20.1. The maximum atomic E-state index is 13.0. The number of rotatable bonds is 6. The molecule has 5 nitrogen and oxygen atoms in total. The Morgan fingerprint density at radius 1 is 1.14 bits per heavy atom. The number of fused-ring (bicyclic) bond motifs is 1. The zero-order valence-corrected chi connectivity index (χ0v) is 16.4. The van der Waals surface area contributed by atoms with Crippen molar-refractivity contribution in [2.75, 3.05) is 12.4 Å². The first-order chi connectivity index (χ1) is 14.2. The van der Waals surface area contributed by atoms with Crippen molar-refractivity contribution in [3.8, 4) is 11.6 Å². The van der Waals surface area contributed by atoms with Crippen molar-refractivity contribution in [1.29, 1.82) is 0 Å². The van der Waals surface area contributed by atoms with E-state index in [2.05, 4.69) is 22.4 Å². The molecule has 2 aromatic carbocycles. The lowest BCUT2D eigenvalue weighted by atomic mass is 9.82. The lowest BCUT2D eigenvalue weighted by Crippen LogP contribution is -2.24. The van der Waals surface area contributed by atoms with E-state index in [0.29, 0.717) is 23.9 Å².